The van der Waals surface area contributed by atoms with E-state index in [1.54, 1.807) is 13.4 Å². The Labute approximate surface area is 286 Å². The van der Waals surface area contributed by atoms with Gasteiger partial charge in [-0.05, 0) is 80.6 Å². The maximum Gasteiger partial charge on any atom is 0.272 e. The van der Waals surface area contributed by atoms with Gasteiger partial charge in [0.15, 0.2) is 0 Å². The van der Waals surface area contributed by atoms with Crippen molar-refractivity contribution in [2.45, 2.75) is 120 Å². The molecule has 4 aliphatic carbocycles. The van der Waals surface area contributed by atoms with E-state index in [9.17, 15) is 4.79 Å². The zero-order valence-corrected chi connectivity index (χ0v) is 30.0. The molecule has 1 heterocycles. The molecule has 256 valence electrons. The number of rotatable bonds is 13. The van der Waals surface area contributed by atoms with E-state index in [1.165, 1.54) is 0 Å². The number of hydrogen-bond donors (Lipinski definition) is 1. The molecule has 1 aliphatic heterocycles. The van der Waals surface area contributed by atoms with Crippen LogP contribution >= 0.6 is 23.2 Å². The monoisotopic (exact) mass is 676 g/mol. The maximum atomic E-state index is 14.3. The summed E-state index contributed by atoms with van der Waals surface area (Å²) in [7, 11) is 1.77. The fraction of sp³-hybridized carbons (Fsp3) is 0.730. The van der Waals surface area contributed by atoms with Crippen molar-refractivity contribution in [1.29, 1.82) is 0 Å². The Bertz CT molecular complexity index is 1260. The number of carbonyl (C=O) groups excluding carboxylic acids is 1. The molecule has 4 saturated carbocycles. The molecule has 7 nitrogen and oxygen atoms in total. The Morgan fingerprint density at radius 3 is 2.54 bits per heavy atom. The van der Waals surface area contributed by atoms with E-state index >= 15 is 0 Å². The molecule has 9 heteroatoms. The summed E-state index contributed by atoms with van der Waals surface area (Å²) in [6, 6.07) is 9.95. The summed E-state index contributed by atoms with van der Waals surface area (Å²) in [5.41, 5.74) is 0.954. The highest BCUT2D eigenvalue weighted by Gasteiger charge is 2.65. The number of oxime groups is 1. The first kappa shape index (κ1) is 35.5. The third-order valence-corrected chi connectivity index (χ3v) is 12.3. The first-order chi connectivity index (χ1) is 21.9. The van der Waals surface area contributed by atoms with Gasteiger partial charge in [-0.15, -0.1) is 23.2 Å². The number of ether oxygens (including phenoxy) is 3. The van der Waals surface area contributed by atoms with E-state index in [-0.39, 0.29) is 34.1 Å². The predicted molar refractivity (Wildman–Crippen MR) is 184 cm³/mol. The fourth-order valence-electron chi connectivity index (χ4n) is 8.28. The van der Waals surface area contributed by atoms with E-state index in [0.29, 0.717) is 55.9 Å². The van der Waals surface area contributed by atoms with Gasteiger partial charge in [0, 0.05) is 36.6 Å². The molecular formula is C37H54Cl2N2O5. The minimum absolute atomic E-state index is 0.00138. The van der Waals surface area contributed by atoms with E-state index in [0.717, 1.165) is 49.8 Å². The number of nitrogens with zero attached hydrogens (tertiary/aromatic N) is 1. The molecule has 6 rings (SSSR count). The number of alkyl halides is 2. The number of nitrogens with one attached hydrogen (secondary N) is 1. The highest BCUT2D eigenvalue weighted by atomic mass is 35.5. The van der Waals surface area contributed by atoms with Crippen molar-refractivity contribution in [3.05, 3.63) is 47.9 Å². The summed E-state index contributed by atoms with van der Waals surface area (Å²) in [5.74, 6) is 1.34. The molecular weight excluding hydrogens is 623 g/mol. The smallest absolute Gasteiger partial charge is 0.272 e. The van der Waals surface area contributed by atoms with Gasteiger partial charge >= 0.3 is 0 Å². The van der Waals surface area contributed by atoms with Crippen LogP contribution in [-0.2, 0) is 30.3 Å². The highest BCUT2D eigenvalue weighted by Crippen LogP contribution is 2.64. The molecule has 1 aromatic carbocycles. The summed E-state index contributed by atoms with van der Waals surface area (Å²) < 4.78 is 18.8. The Balaban J connectivity index is 1.29. The third kappa shape index (κ3) is 7.74. The Kier molecular flexibility index (Phi) is 11.4. The van der Waals surface area contributed by atoms with Crippen molar-refractivity contribution in [2.75, 3.05) is 20.3 Å². The summed E-state index contributed by atoms with van der Waals surface area (Å²) in [6.45, 7) is 11.9. The lowest BCUT2D eigenvalue weighted by Crippen LogP contribution is -2.67. The molecule has 8 atom stereocenters. The number of fused-ring (bicyclic) bond motifs is 2. The van der Waals surface area contributed by atoms with Crippen molar-refractivity contribution in [3.8, 4) is 0 Å². The van der Waals surface area contributed by atoms with Crippen LogP contribution in [0.5, 0.6) is 0 Å². The summed E-state index contributed by atoms with van der Waals surface area (Å²) in [6.07, 6.45) is 8.99. The van der Waals surface area contributed by atoms with Crippen LogP contribution in [0.1, 0.15) is 91.5 Å². The van der Waals surface area contributed by atoms with Crippen LogP contribution in [0.4, 0.5) is 0 Å². The van der Waals surface area contributed by atoms with Gasteiger partial charge in [0.1, 0.15) is 11.9 Å². The van der Waals surface area contributed by atoms with E-state index in [1.807, 2.05) is 30.3 Å². The summed E-state index contributed by atoms with van der Waals surface area (Å²) >= 11 is 13.1. The second kappa shape index (κ2) is 14.8. The Hall–Kier alpha value is -1.80. The van der Waals surface area contributed by atoms with Crippen molar-refractivity contribution in [3.63, 3.8) is 0 Å². The first-order valence-electron chi connectivity index (χ1n) is 17.2. The first-order valence-corrected chi connectivity index (χ1v) is 18.1. The summed E-state index contributed by atoms with van der Waals surface area (Å²) in [4.78, 5) is 20.4. The molecule has 46 heavy (non-hydrogen) atoms. The predicted octanol–water partition coefficient (Wildman–Crippen LogP) is 8.03. The van der Waals surface area contributed by atoms with Gasteiger partial charge in [0.25, 0.3) is 5.91 Å². The van der Waals surface area contributed by atoms with Crippen LogP contribution in [0, 0.1) is 29.1 Å². The van der Waals surface area contributed by atoms with Crippen molar-refractivity contribution in [1.82, 2.24) is 5.32 Å². The number of hydrogen-bond acceptors (Lipinski definition) is 6. The van der Waals surface area contributed by atoms with Gasteiger partial charge in [-0.25, -0.2) is 0 Å². The fourth-order valence-corrected chi connectivity index (χ4v) is 8.85. The van der Waals surface area contributed by atoms with Gasteiger partial charge in [-0.1, -0.05) is 63.2 Å². The molecule has 1 N–H and O–H groups in total. The number of carbonyl (C=O) groups is 1. The molecule has 0 saturated heterocycles. The molecule has 2 bridgehead atoms. The molecule has 1 aromatic rings. The zero-order valence-electron chi connectivity index (χ0n) is 28.5. The number of halogens is 2. The van der Waals surface area contributed by atoms with Crippen LogP contribution < -0.4 is 5.32 Å². The molecule has 4 unspecified atom stereocenters. The minimum atomic E-state index is -1.20. The third-order valence-electron chi connectivity index (χ3n) is 11.2. The van der Waals surface area contributed by atoms with Gasteiger partial charge in [0.2, 0.25) is 5.60 Å². The lowest BCUT2D eigenvalue weighted by Gasteiger charge is -2.65. The van der Waals surface area contributed by atoms with E-state index < -0.39 is 11.2 Å². The van der Waals surface area contributed by atoms with Crippen LogP contribution in [0.2, 0.25) is 0 Å². The van der Waals surface area contributed by atoms with Gasteiger partial charge < -0.3 is 24.4 Å². The van der Waals surface area contributed by atoms with Gasteiger partial charge in [0.05, 0.1) is 30.7 Å². The molecule has 0 aromatic heterocycles. The average Bonchev–Trinajstić information content (AvgIpc) is 3.36. The SMILES string of the molecule is CO[C@@H]1CC2C[C@@H](C2(C)C)[C@]1(C)O/C=C(/CC(C)C)NC(=O)C1(Cc2ccccc2)CC(COC[C@@H]2CCC(Cl)CCC2Cl)=NO1. The van der Waals surface area contributed by atoms with E-state index in [4.69, 9.17) is 42.3 Å². The van der Waals surface area contributed by atoms with E-state index in [2.05, 4.69) is 45.1 Å². The lowest BCUT2D eigenvalue weighted by molar-refractivity contribution is -0.253. The second-order valence-corrected chi connectivity index (χ2v) is 16.6. The topological polar surface area (TPSA) is 78.4 Å². The maximum absolute atomic E-state index is 14.3. The van der Waals surface area contributed by atoms with Crippen molar-refractivity contribution in [2.24, 2.45) is 34.2 Å². The number of amides is 1. The number of methoxy groups -OCH3 is 1. The van der Waals surface area contributed by atoms with Crippen molar-refractivity contribution < 1.29 is 23.8 Å². The standard InChI is InChI=1S/C37H54Cl2N2O5/c1-24(2)16-29(23-45-36(5)32-17-27(35(32,3)4)18-33(36)43-6)40-34(42)37(19-25-10-8-7-9-11-25)20-30(41-46-37)22-44-21-26-12-13-28(38)14-15-31(26)39/h7-11,23-24,26-28,31-33H,12-22H2,1-6H3,(H,40,42)/b29-23-/t26-,27?,28?,31?,32-,33+,36-,37?/m0/s1. The quantitative estimate of drug-likeness (QED) is 0.130. The minimum Gasteiger partial charge on any atom is -0.490 e. The number of allylic oxidation sites excluding steroid dienone is 1. The van der Waals surface area contributed by atoms with Crippen LogP contribution in [-0.4, -0.2) is 60.0 Å². The van der Waals surface area contributed by atoms with Gasteiger partial charge in [-0.2, -0.15) is 0 Å². The number of benzene rings is 1. The average molecular weight is 678 g/mol. The van der Waals surface area contributed by atoms with Crippen LogP contribution in [0.3, 0.4) is 0 Å². The summed E-state index contributed by atoms with van der Waals surface area (Å²) in [5, 5.41) is 7.85. The molecule has 4 fully saturated rings. The largest absolute Gasteiger partial charge is 0.490 e. The molecule has 0 spiro atoms. The normalized spacial score (nSPS) is 35.5. The van der Waals surface area contributed by atoms with Gasteiger partial charge in [-0.3, -0.25) is 4.79 Å². The Morgan fingerprint density at radius 1 is 1.11 bits per heavy atom. The van der Waals surface area contributed by atoms with Crippen LogP contribution in [0.15, 0.2) is 47.4 Å². The Morgan fingerprint density at radius 2 is 1.85 bits per heavy atom. The lowest BCUT2D eigenvalue weighted by atomic mass is 9.43. The molecule has 1 amide bonds. The second-order valence-electron chi connectivity index (χ2n) is 15.4. The highest BCUT2D eigenvalue weighted by molar-refractivity contribution is 6.22. The molecule has 0 radical (unpaired) electrons. The molecule has 5 aliphatic rings. The van der Waals surface area contributed by atoms with Crippen molar-refractivity contribution >= 4 is 34.8 Å². The zero-order chi connectivity index (χ0) is 33.1. The van der Waals surface area contributed by atoms with Crippen LogP contribution in [0.25, 0.3) is 0 Å².